The second-order valence-electron chi connectivity index (χ2n) is 17.3. The molecule has 0 aliphatic heterocycles. The normalized spacial score (nSPS) is 11.7. The van der Waals surface area contributed by atoms with E-state index in [1.165, 1.54) is 167 Å². The standard InChI is InChI=1S/C50H100ClN3O4/c1-5-9-13-29-40-53(41-30-14-10-6-2)45-47-57-49(55)35-27-23-19-17-21-25-33-38-52(44-37-51)39-34-26-22-18-20-24-28-36-50(56)58-48-46-54(42-31-15-11-7-3)43-32-16-12-8-4/h5-48H2,1-4H3. The highest BCUT2D eigenvalue weighted by Crippen LogP contribution is 2.13. The summed E-state index contributed by atoms with van der Waals surface area (Å²) < 4.78 is 11.3. The van der Waals surface area contributed by atoms with Crippen LogP contribution in [-0.2, 0) is 19.1 Å². The SMILES string of the molecule is CCCCCCN(CCCCCC)CCOC(=O)CCCCCCCCCN(CCCl)CCCCCCCCCC(=O)OCCN(CCCCCC)CCCCCC. The van der Waals surface area contributed by atoms with E-state index in [4.69, 9.17) is 21.1 Å². The molecule has 0 fully saturated rings. The molecule has 0 aliphatic rings. The van der Waals surface area contributed by atoms with Crippen molar-refractivity contribution in [3.63, 3.8) is 0 Å². The van der Waals surface area contributed by atoms with E-state index in [0.29, 0.717) is 31.9 Å². The fourth-order valence-corrected chi connectivity index (χ4v) is 8.11. The van der Waals surface area contributed by atoms with E-state index >= 15 is 0 Å². The van der Waals surface area contributed by atoms with Crippen molar-refractivity contribution in [2.75, 3.05) is 78.0 Å². The molecule has 0 saturated heterocycles. The molecule has 0 aliphatic carbocycles. The van der Waals surface area contributed by atoms with Crippen LogP contribution in [0.25, 0.3) is 0 Å². The number of alkyl halides is 1. The van der Waals surface area contributed by atoms with Crippen molar-refractivity contribution in [1.82, 2.24) is 14.7 Å². The van der Waals surface area contributed by atoms with Crippen LogP contribution in [0.2, 0.25) is 0 Å². The molecule has 8 heteroatoms. The van der Waals surface area contributed by atoms with E-state index in [1.807, 2.05) is 0 Å². The summed E-state index contributed by atoms with van der Waals surface area (Å²) >= 11 is 6.15. The molecule has 0 saturated carbocycles. The Kier molecular flexibility index (Phi) is 46.4. The molecule has 0 aromatic heterocycles. The first-order valence-corrected chi connectivity index (χ1v) is 26.1. The number of esters is 2. The Labute approximate surface area is 367 Å². The van der Waals surface area contributed by atoms with Crippen LogP contribution < -0.4 is 0 Å². The van der Waals surface area contributed by atoms with Crippen LogP contribution in [-0.4, -0.2) is 105 Å². The Bertz CT molecular complexity index is 762. The smallest absolute Gasteiger partial charge is 0.305 e. The Balaban J connectivity index is 3.85. The van der Waals surface area contributed by atoms with E-state index in [1.54, 1.807) is 0 Å². The molecular formula is C50H100ClN3O4. The van der Waals surface area contributed by atoms with Gasteiger partial charge in [-0.05, 0) is 90.6 Å². The Morgan fingerprint density at radius 3 is 0.845 bits per heavy atom. The van der Waals surface area contributed by atoms with Gasteiger partial charge in [-0.1, -0.05) is 169 Å². The van der Waals surface area contributed by atoms with Gasteiger partial charge >= 0.3 is 11.9 Å². The minimum Gasteiger partial charge on any atom is -0.464 e. The predicted octanol–water partition coefficient (Wildman–Crippen LogP) is 13.8. The van der Waals surface area contributed by atoms with Gasteiger partial charge in [-0.2, -0.15) is 0 Å². The lowest BCUT2D eigenvalue weighted by atomic mass is 10.1. The minimum absolute atomic E-state index is 0.0146. The van der Waals surface area contributed by atoms with Crippen molar-refractivity contribution in [1.29, 1.82) is 0 Å². The maximum Gasteiger partial charge on any atom is 0.305 e. The maximum absolute atomic E-state index is 12.3. The van der Waals surface area contributed by atoms with E-state index in [-0.39, 0.29) is 11.9 Å². The molecule has 7 nitrogen and oxygen atoms in total. The summed E-state index contributed by atoms with van der Waals surface area (Å²) in [6.45, 7) is 19.7. The van der Waals surface area contributed by atoms with Gasteiger partial charge in [-0.3, -0.25) is 19.4 Å². The summed E-state index contributed by atoms with van der Waals surface area (Å²) in [5, 5.41) is 0. The molecule has 0 radical (unpaired) electrons. The van der Waals surface area contributed by atoms with Crippen LogP contribution in [0.5, 0.6) is 0 Å². The third kappa shape index (κ3) is 41.8. The quantitative estimate of drug-likeness (QED) is 0.0343. The molecule has 0 unspecified atom stereocenters. The van der Waals surface area contributed by atoms with Crippen LogP contribution in [0.4, 0.5) is 0 Å². The van der Waals surface area contributed by atoms with Gasteiger partial charge in [0.25, 0.3) is 0 Å². The van der Waals surface area contributed by atoms with Crippen molar-refractivity contribution in [3.05, 3.63) is 0 Å². The highest BCUT2D eigenvalue weighted by atomic mass is 35.5. The van der Waals surface area contributed by atoms with Gasteiger partial charge in [0, 0.05) is 38.4 Å². The molecule has 0 N–H and O–H groups in total. The van der Waals surface area contributed by atoms with Gasteiger partial charge in [0.2, 0.25) is 0 Å². The highest BCUT2D eigenvalue weighted by molar-refractivity contribution is 6.18. The van der Waals surface area contributed by atoms with Crippen LogP contribution in [0.1, 0.15) is 233 Å². The van der Waals surface area contributed by atoms with Gasteiger partial charge in [0.1, 0.15) is 13.2 Å². The fourth-order valence-electron chi connectivity index (χ4n) is 7.87. The lowest BCUT2D eigenvalue weighted by Gasteiger charge is -2.22. The number of unbranched alkanes of at least 4 members (excludes halogenated alkanes) is 24. The predicted molar refractivity (Wildman–Crippen MR) is 252 cm³/mol. The number of hydrogen-bond donors (Lipinski definition) is 0. The minimum atomic E-state index is -0.0146. The Morgan fingerprint density at radius 1 is 0.328 bits per heavy atom. The molecule has 0 heterocycles. The number of nitrogens with zero attached hydrogens (tertiary/aromatic N) is 3. The Hall–Kier alpha value is -0.890. The number of hydrogen-bond acceptors (Lipinski definition) is 7. The number of rotatable bonds is 48. The first kappa shape index (κ1) is 57.1. The molecule has 0 atom stereocenters. The average molecular weight is 843 g/mol. The zero-order chi connectivity index (χ0) is 42.4. The third-order valence-corrected chi connectivity index (χ3v) is 11.9. The largest absolute Gasteiger partial charge is 0.464 e. The second kappa shape index (κ2) is 47.2. The first-order valence-electron chi connectivity index (χ1n) is 25.5. The van der Waals surface area contributed by atoms with E-state index < -0.39 is 0 Å². The summed E-state index contributed by atoms with van der Waals surface area (Å²) in [5.74, 6) is 0.677. The van der Waals surface area contributed by atoms with Crippen LogP contribution in [0.3, 0.4) is 0 Å². The van der Waals surface area contributed by atoms with Gasteiger partial charge in [0.05, 0.1) is 0 Å². The molecular weight excluding hydrogens is 742 g/mol. The highest BCUT2D eigenvalue weighted by Gasteiger charge is 2.10. The third-order valence-electron chi connectivity index (χ3n) is 11.8. The monoisotopic (exact) mass is 842 g/mol. The number of halogens is 1. The molecule has 0 amide bonds. The number of carbonyl (C=O) groups excluding carboxylic acids is 2. The van der Waals surface area contributed by atoms with Gasteiger partial charge in [-0.15, -0.1) is 11.6 Å². The molecule has 0 rings (SSSR count). The van der Waals surface area contributed by atoms with Crippen LogP contribution >= 0.6 is 11.6 Å². The van der Waals surface area contributed by atoms with E-state index in [0.717, 1.165) is 84.6 Å². The lowest BCUT2D eigenvalue weighted by Crippen LogP contribution is -2.30. The summed E-state index contributed by atoms with van der Waals surface area (Å²) in [6, 6.07) is 0. The van der Waals surface area contributed by atoms with Gasteiger partial charge < -0.3 is 14.4 Å². The number of carbonyl (C=O) groups is 2. The second-order valence-corrected chi connectivity index (χ2v) is 17.7. The molecule has 58 heavy (non-hydrogen) atoms. The van der Waals surface area contributed by atoms with Crippen molar-refractivity contribution in [2.45, 2.75) is 233 Å². The van der Waals surface area contributed by atoms with Crippen molar-refractivity contribution < 1.29 is 19.1 Å². The Morgan fingerprint density at radius 2 is 0.569 bits per heavy atom. The average Bonchev–Trinajstić information content (AvgIpc) is 3.22. The lowest BCUT2D eigenvalue weighted by molar-refractivity contribution is -0.145. The van der Waals surface area contributed by atoms with Crippen LogP contribution in [0, 0.1) is 0 Å². The molecule has 0 spiro atoms. The number of ether oxygens (including phenoxy) is 2. The van der Waals surface area contributed by atoms with Crippen molar-refractivity contribution >= 4 is 23.5 Å². The molecule has 0 aromatic carbocycles. The topological polar surface area (TPSA) is 62.3 Å². The molecule has 0 aromatic rings. The summed E-state index contributed by atoms with van der Waals surface area (Å²) in [7, 11) is 0. The zero-order valence-electron chi connectivity index (χ0n) is 39.5. The fraction of sp³-hybridized carbons (Fsp3) is 0.960. The summed E-state index contributed by atoms with van der Waals surface area (Å²) in [5.41, 5.74) is 0. The summed E-state index contributed by atoms with van der Waals surface area (Å²) in [4.78, 5) is 32.3. The van der Waals surface area contributed by atoms with E-state index in [9.17, 15) is 9.59 Å². The van der Waals surface area contributed by atoms with Crippen molar-refractivity contribution in [3.8, 4) is 0 Å². The van der Waals surface area contributed by atoms with Crippen molar-refractivity contribution in [2.24, 2.45) is 0 Å². The zero-order valence-corrected chi connectivity index (χ0v) is 40.2. The van der Waals surface area contributed by atoms with Crippen LogP contribution in [0.15, 0.2) is 0 Å². The molecule has 0 bridgehead atoms. The first-order chi connectivity index (χ1) is 28.5. The maximum atomic E-state index is 12.3. The summed E-state index contributed by atoms with van der Waals surface area (Å²) in [6.07, 6.45) is 38.4. The van der Waals surface area contributed by atoms with Gasteiger partial charge in [0.15, 0.2) is 0 Å². The molecule has 346 valence electrons. The van der Waals surface area contributed by atoms with E-state index in [2.05, 4.69) is 42.4 Å². The van der Waals surface area contributed by atoms with Gasteiger partial charge in [-0.25, -0.2) is 0 Å².